The van der Waals surface area contributed by atoms with Crippen LogP contribution in [0.1, 0.15) is 34.4 Å². The lowest BCUT2D eigenvalue weighted by molar-refractivity contribution is -0.0424. The van der Waals surface area contributed by atoms with Crippen LogP contribution in [0.3, 0.4) is 0 Å². The van der Waals surface area contributed by atoms with Crippen molar-refractivity contribution in [2.75, 3.05) is 20.8 Å². The van der Waals surface area contributed by atoms with Crippen LogP contribution in [0.2, 0.25) is 0 Å². The molecule has 0 saturated carbocycles. The molecule has 3 aromatic carbocycles. The third-order valence-corrected chi connectivity index (χ3v) is 7.03. The maximum absolute atomic E-state index is 15.6. The van der Waals surface area contributed by atoms with Crippen LogP contribution in [0.5, 0.6) is 11.6 Å². The Morgan fingerprint density at radius 2 is 1.76 bits per heavy atom. The van der Waals surface area contributed by atoms with Crippen LogP contribution in [-0.2, 0) is 24.3 Å². The van der Waals surface area contributed by atoms with Gasteiger partial charge in [0.1, 0.15) is 29.8 Å². The van der Waals surface area contributed by atoms with Gasteiger partial charge in [0.25, 0.3) is 0 Å². The molecule has 5 rings (SSSR count). The number of aliphatic hydroxyl groups is 2. The summed E-state index contributed by atoms with van der Waals surface area (Å²) in [6.45, 7) is 2.80. The molecule has 0 aliphatic rings. The lowest BCUT2D eigenvalue weighted by Gasteiger charge is -2.14. The molecule has 0 unspecified atom stereocenters. The highest BCUT2D eigenvalue weighted by Gasteiger charge is 2.20. The highest BCUT2D eigenvalue weighted by molar-refractivity contribution is 5.77. The predicted molar refractivity (Wildman–Crippen MR) is 153 cm³/mol. The molecule has 0 aliphatic carbocycles. The Morgan fingerprint density at radius 1 is 0.976 bits per heavy atom. The standard InChI is InChI=1S/C32H31F2N3O5/c1-19-6-7-21(29(13-19)41-3)18-42-31-23(5-4-10-35-31)22-14-25(33)24(26(34)15-22)17-30-36-27-9-8-20(32(38)39)16-28(27)37(30)11-12-40-2/h4-10,13-16,32,38-39H,11-12,17-18H2,1-3H3. The SMILES string of the molecule is COCCn1c(Cc2c(F)cc(-c3cccnc3OCc3ccc(C)cc3OC)cc2F)nc2ccc(C(O)O)cc21. The lowest BCUT2D eigenvalue weighted by atomic mass is 10.0. The Kier molecular flexibility index (Phi) is 8.77. The molecular formula is C32H31F2N3O5. The first-order chi connectivity index (χ1) is 20.3. The van der Waals surface area contributed by atoms with Gasteiger partial charge >= 0.3 is 0 Å². The van der Waals surface area contributed by atoms with E-state index in [0.29, 0.717) is 41.3 Å². The fraction of sp³-hybridized carbons (Fsp3) is 0.250. The van der Waals surface area contributed by atoms with Gasteiger partial charge in [0.2, 0.25) is 5.88 Å². The number of fused-ring (bicyclic) bond motifs is 1. The van der Waals surface area contributed by atoms with Crippen LogP contribution in [0.4, 0.5) is 8.78 Å². The van der Waals surface area contributed by atoms with Gasteiger partial charge in [0.05, 0.1) is 24.8 Å². The second-order valence-electron chi connectivity index (χ2n) is 9.85. The molecule has 2 aromatic heterocycles. The fourth-order valence-corrected chi connectivity index (χ4v) is 4.85. The van der Waals surface area contributed by atoms with Crippen molar-refractivity contribution in [1.82, 2.24) is 14.5 Å². The molecule has 0 amide bonds. The third kappa shape index (κ3) is 6.11. The molecule has 0 fully saturated rings. The van der Waals surface area contributed by atoms with Gasteiger partial charge in [-0.2, -0.15) is 0 Å². The van der Waals surface area contributed by atoms with Crippen molar-refractivity contribution < 1.29 is 33.2 Å². The number of aromatic nitrogens is 3. The summed E-state index contributed by atoms with van der Waals surface area (Å²) in [6.07, 6.45) is -0.235. The van der Waals surface area contributed by atoms with Gasteiger partial charge in [0.15, 0.2) is 6.29 Å². The molecule has 8 nitrogen and oxygen atoms in total. The number of hydrogen-bond acceptors (Lipinski definition) is 7. The average molecular weight is 576 g/mol. The summed E-state index contributed by atoms with van der Waals surface area (Å²) in [7, 11) is 3.13. The zero-order chi connectivity index (χ0) is 29.8. The molecular weight excluding hydrogens is 544 g/mol. The van der Waals surface area contributed by atoms with Gasteiger partial charge in [-0.3, -0.25) is 0 Å². The maximum Gasteiger partial charge on any atom is 0.221 e. The van der Waals surface area contributed by atoms with Crippen molar-refractivity contribution in [1.29, 1.82) is 0 Å². The Labute approximate surface area is 241 Å². The molecule has 0 atom stereocenters. The molecule has 10 heteroatoms. The van der Waals surface area contributed by atoms with Gasteiger partial charge in [0, 0.05) is 48.5 Å². The summed E-state index contributed by atoms with van der Waals surface area (Å²) in [5.41, 5.74) is 3.87. The highest BCUT2D eigenvalue weighted by atomic mass is 19.1. The van der Waals surface area contributed by atoms with Gasteiger partial charge < -0.3 is 29.0 Å². The highest BCUT2D eigenvalue weighted by Crippen LogP contribution is 2.33. The first-order valence-electron chi connectivity index (χ1n) is 13.3. The lowest BCUT2D eigenvalue weighted by Crippen LogP contribution is -2.10. The Bertz CT molecular complexity index is 1700. The number of nitrogens with zero attached hydrogens (tertiary/aromatic N) is 3. The molecule has 2 heterocycles. The Balaban J connectivity index is 1.45. The molecule has 5 aromatic rings. The zero-order valence-corrected chi connectivity index (χ0v) is 23.5. The van der Waals surface area contributed by atoms with Crippen molar-refractivity contribution in [2.45, 2.75) is 32.8 Å². The minimum Gasteiger partial charge on any atom is -0.496 e. The molecule has 0 spiro atoms. The van der Waals surface area contributed by atoms with Crippen LogP contribution in [0, 0.1) is 18.6 Å². The summed E-state index contributed by atoms with van der Waals surface area (Å²) in [6, 6.07) is 16.4. The van der Waals surface area contributed by atoms with E-state index in [-0.39, 0.29) is 35.6 Å². The van der Waals surface area contributed by atoms with E-state index in [0.717, 1.165) is 11.1 Å². The molecule has 0 bridgehead atoms. The van der Waals surface area contributed by atoms with Gasteiger partial charge in [-0.15, -0.1) is 0 Å². The quantitative estimate of drug-likeness (QED) is 0.201. The van der Waals surface area contributed by atoms with E-state index in [1.165, 1.54) is 12.1 Å². The second kappa shape index (κ2) is 12.6. The Morgan fingerprint density at radius 3 is 2.48 bits per heavy atom. The fourth-order valence-electron chi connectivity index (χ4n) is 4.85. The first-order valence-corrected chi connectivity index (χ1v) is 13.3. The summed E-state index contributed by atoms with van der Waals surface area (Å²) < 4.78 is 49.5. The monoisotopic (exact) mass is 575 g/mol. The predicted octanol–water partition coefficient (Wildman–Crippen LogP) is 5.49. The largest absolute Gasteiger partial charge is 0.496 e. The molecule has 0 aliphatic heterocycles. The molecule has 42 heavy (non-hydrogen) atoms. The van der Waals surface area contributed by atoms with Crippen LogP contribution in [-0.4, -0.2) is 45.6 Å². The number of pyridine rings is 1. The van der Waals surface area contributed by atoms with E-state index >= 15 is 8.78 Å². The summed E-state index contributed by atoms with van der Waals surface area (Å²) in [5.74, 6) is -0.160. The van der Waals surface area contributed by atoms with E-state index in [1.54, 1.807) is 55.3 Å². The summed E-state index contributed by atoms with van der Waals surface area (Å²) >= 11 is 0. The van der Waals surface area contributed by atoms with Crippen LogP contribution in [0.25, 0.3) is 22.2 Å². The second-order valence-corrected chi connectivity index (χ2v) is 9.85. The van der Waals surface area contributed by atoms with Crippen molar-refractivity contribution in [3.8, 4) is 22.8 Å². The van der Waals surface area contributed by atoms with Crippen LogP contribution < -0.4 is 9.47 Å². The van der Waals surface area contributed by atoms with E-state index in [1.807, 2.05) is 25.1 Å². The van der Waals surface area contributed by atoms with Crippen LogP contribution >= 0.6 is 0 Å². The number of halogens is 2. The number of aliphatic hydroxyl groups excluding tert-OH is 1. The molecule has 0 radical (unpaired) electrons. The van der Waals surface area contributed by atoms with E-state index in [4.69, 9.17) is 14.2 Å². The van der Waals surface area contributed by atoms with E-state index in [9.17, 15) is 10.2 Å². The van der Waals surface area contributed by atoms with Crippen molar-refractivity contribution in [3.05, 3.63) is 107 Å². The smallest absolute Gasteiger partial charge is 0.221 e. The van der Waals surface area contributed by atoms with Crippen molar-refractivity contribution >= 4 is 11.0 Å². The molecule has 2 N–H and O–H groups in total. The summed E-state index contributed by atoms with van der Waals surface area (Å²) in [4.78, 5) is 8.89. The summed E-state index contributed by atoms with van der Waals surface area (Å²) in [5, 5.41) is 19.2. The van der Waals surface area contributed by atoms with Gasteiger partial charge in [-0.25, -0.2) is 18.7 Å². The van der Waals surface area contributed by atoms with Gasteiger partial charge in [-0.05, 0) is 60.5 Å². The first kappa shape index (κ1) is 29.1. The van der Waals surface area contributed by atoms with E-state index < -0.39 is 17.9 Å². The number of aryl methyl sites for hydroxylation is 1. The van der Waals surface area contributed by atoms with Crippen molar-refractivity contribution in [3.63, 3.8) is 0 Å². The number of benzene rings is 3. The number of rotatable bonds is 11. The number of methoxy groups -OCH3 is 2. The molecule has 218 valence electrons. The van der Waals surface area contributed by atoms with Crippen LogP contribution in [0.15, 0.2) is 66.9 Å². The normalized spacial score (nSPS) is 11.4. The average Bonchev–Trinajstić information content (AvgIpc) is 3.33. The zero-order valence-electron chi connectivity index (χ0n) is 23.5. The maximum atomic E-state index is 15.6. The molecule has 0 saturated heterocycles. The minimum absolute atomic E-state index is 0.128. The Hall–Kier alpha value is -4.38. The number of hydrogen-bond donors (Lipinski definition) is 2. The third-order valence-electron chi connectivity index (χ3n) is 7.03. The van der Waals surface area contributed by atoms with Crippen molar-refractivity contribution in [2.24, 2.45) is 0 Å². The topological polar surface area (TPSA) is 98.9 Å². The van der Waals surface area contributed by atoms with Gasteiger partial charge in [-0.1, -0.05) is 18.2 Å². The number of ether oxygens (including phenoxy) is 3. The van der Waals surface area contributed by atoms with E-state index in [2.05, 4.69) is 9.97 Å². The minimum atomic E-state index is -1.66. The number of imidazole rings is 1.